The van der Waals surface area contributed by atoms with E-state index in [1.807, 2.05) is 46.7 Å². The van der Waals surface area contributed by atoms with E-state index < -0.39 is 0 Å². The Kier molecular flexibility index (Phi) is 4.96. The molecule has 0 fully saturated rings. The van der Waals surface area contributed by atoms with E-state index in [0.717, 1.165) is 22.0 Å². The highest BCUT2D eigenvalue weighted by atomic mass is 32.1. The molecule has 0 aliphatic carbocycles. The molecule has 0 aliphatic rings. The number of aromatic nitrogens is 1. The number of carbonyl (C=O) groups is 1. The second-order valence-corrected chi connectivity index (χ2v) is 6.49. The Morgan fingerprint density at radius 1 is 1.21 bits per heavy atom. The minimum atomic E-state index is 0.0594. The number of benzene rings is 1. The summed E-state index contributed by atoms with van der Waals surface area (Å²) in [6.45, 7) is 0.896. The molecule has 5 nitrogen and oxygen atoms in total. The van der Waals surface area contributed by atoms with Gasteiger partial charge < -0.3 is 14.2 Å². The zero-order valence-electron chi connectivity index (χ0n) is 13.7. The Hall–Kier alpha value is -2.60. The number of furan rings is 1. The zero-order valence-corrected chi connectivity index (χ0v) is 14.5. The predicted molar refractivity (Wildman–Crippen MR) is 96.0 cm³/mol. The van der Waals surface area contributed by atoms with E-state index in [4.69, 9.17) is 4.42 Å². The minimum Gasteiger partial charge on any atom is -0.472 e. The maximum atomic E-state index is 12.2. The van der Waals surface area contributed by atoms with Crippen molar-refractivity contribution >= 4 is 22.9 Å². The molecule has 0 saturated carbocycles. The SMILES string of the molecule is CN(C)C(=O)CN(Cc1csc(-c2ccoc2)n1)c1ccccc1. The number of nitrogens with zero attached hydrogens (tertiary/aromatic N) is 3. The van der Waals surface area contributed by atoms with E-state index in [1.54, 1.807) is 42.9 Å². The molecule has 2 aromatic heterocycles. The topological polar surface area (TPSA) is 49.6 Å². The molecule has 124 valence electrons. The van der Waals surface area contributed by atoms with Crippen LogP contribution < -0.4 is 4.90 Å². The Balaban J connectivity index is 1.80. The third-order valence-corrected chi connectivity index (χ3v) is 4.56. The van der Waals surface area contributed by atoms with Gasteiger partial charge in [-0.25, -0.2) is 4.98 Å². The van der Waals surface area contributed by atoms with E-state index in [0.29, 0.717) is 13.1 Å². The summed E-state index contributed by atoms with van der Waals surface area (Å²) in [5, 5.41) is 2.95. The van der Waals surface area contributed by atoms with E-state index in [9.17, 15) is 4.79 Å². The van der Waals surface area contributed by atoms with Crippen LogP contribution in [-0.4, -0.2) is 36.4 Å². The van der Waals surface area contributed by atoms with Crippen LogP contribution in [0.15, 0.2) is 58.7 Å². The van der Waals surface area contributed by atoms with Crippen LogP contribution in [0.4, 0.5) is 5.69 Å². The summed E-state index contributed by atoms with van der Waals surface area (Å²) in [7, 11) is 3.54. The molecule has 0 radical (unpaired) electrons. The fourth-order valence-corrected chi connectivity index (χ4v) is 3.07. The maximum absolute atomic E-state index is 12.2. The van der Waals surface area contributed by atoms with Crippen LogP contribution in [0.1, 0.15) is 5.69 Å². The first-order valence-electron chi connectivity index (χ1n) is 7.60. The summed E-state index contributed by atoms with van der Waals surface area (Å²) >= 11 is 1.58. The second-order valence-electron chi connectivity index (χ2n) is 5.64. The lowest BCUT2D eigenvalue weighted by Crippen LogP contribution is -2.36. The van der Waals surface area contributed by atoms with Crippen molar-refractivity contribution in [2.75, 3.05) is 25.5 Å². The van der Waals surface area contributed by atoms with Crippen LogP contribution in [0.25, 0.3) is 10.6 Å². The zero-order chi connectivity index (χ0) is 16.9. The molecule has 3 rings (SSSR count). The fraction of sp³-hybridized carbons (Fsp3) is 0.222. The van der Waals surface area contributed by atoms with Gasteiger partial charge in [0.05, 0.1) is 25.0 Å². The van der Waals surface area contributed by atoms with Crippen LogP contribution in [0.5, 0.6) is 0 Å². The standard InChI is InChI=1S/C18H19N3O2S/c1-20(2)17(22)11-21(16-6-4-3-5-7-16)10-15-13-24-18(19-15)14-8-9-23-12-14/h3-9,12-13H,10-11H2,1-2H3. The quantitative estimate of drug-likeness (QED) is 0.688. The lowest BCUT2D eigenvalue weighted by atomic mass is 10.2. The number of hydrogen-bond donors (Lipinski definition) is 0. The maximum Gasteiger partial charge on any atom is 0.241 e. The van der Waals surface area contributed by atoms with Crippen molar-refractivity contribution in [3.8, 4) is 10.6 Å². The molecule has 24 heavy (non-hydrogen) atoms. The third-order valence-electron chi connectivity index (χ3n) is 3.62. The molecular weight excluding hydrogens is 322 g/mol. The molecular formula is C18H19N3O2S. The molecule has 6 heteroatoms. The van der Waals surface area contributed by atoms with Gasteiger partial charge in [0.1, 0.15) is 11.3 Å². The first kappa shape index (κ1) is 16.3. The first-order valence-corrected chi connectivity index (χ1v) is 8.48. The molecule has 0 aliphatic heterocycles. The summed E-state index contributed by atoms with van der Waals surface area (Å²) in [6, 6.07) is 11.8. The lowest BCUT2D eigenvalue weighted by molar-refractivity contribution is -0.127. The Labute approximate surface area is 145 Å². The van der Waals surface area contributed by atoms with Crippen LogP contribution in [-0.2, 0) is 11.3 Å². The van der Waals surface area contributed by atoms with Gasteiger partial charge in [0.2, 0.25) is 5.91 Å². The number of rotatable bonds is 6. The number of hydrogen-bond acceptors (Lipinski definition) is 5. The third kappa shape index (κ3) is 3.83. The molecule has 0 N–H and O–H groups in total. The van der Waals surface area contributed by atoms with E-state index >= 15 is 0 Å². The van der Waals surface area contributed by atoms with Gasteiger partial charge >= 0.3 is 0 Å². The number of carbonyl (C=O) groups excluding carboxylic acids is 1. The number of thiazole rings is 1. The number of likely N-dealkylation sites (N-methyl/N-ethyl adjacent to an activating group) is 1. The molecule has 0 unspecified atom stereocenters. The molecule has 0 spiro atoms. The summed E-state index contributed by atoms with van der Waals surface area (Å²) in [5.41, 5.74) is 2.92. The van der Waals surface area contributed by atoms with Crippen molar-refractivity contribution in [3.05, 3.63) is 60.0 Å². The summed E-state index contributed by atoms with van der Waals surface area (Å²) in [5.74, 6) is 0.0594. The number of para-hydroxylation sites is 1. The van der Waals surface area contributed by atoms with Gasteiger partial charge in [0.15, 0.2) is 0 Å². The van der Waals surface area contributed by atoms with Crippen LogP contribution in [0, 0.1) is 0 Å². The molecule has 1 aromatic carbocycles. The van der Waals surface area contributed by atoms with Crippen LogP contribution in [0.2, 0.25) is 0 Å². The Morgan fingerprint density at radius 3 is 2.67 bits per heavy atom. The van der Waals surface area contributed by atoms with Gasteiger partial charge in [-0.3, -0.25) is 4.79 Å². The number of amides is 1. The molecule has 0 atom stereocenters. The van der Waals surface area contributed by atoms with Crippen molar-refractivity contribution in [2.24, 2.45) is 0 Å². The van der Waals surface area contributed by atoms with Crippen LogP contribution in [0.3, 0.4) is 0 Å². The second kappa shape index (κ2) is 7.31. The van der Waals surface area contributed by atoms with Gasteiger partial charge in [-0.1, -0.05) is 18.2 Å². The van der Waals surface area contributed by atoms with Crippen molar-refractivity contribution in [1.82, 2.24) is 9.88 Å². The summed E-state index contributed by atoms with van der Waals surface area (Å²) < 4.78 is 5.11. The Morgan fingerprint density at radius 2 is 2.00 bits per heavy atom. The van der Waals surface area contributed by atoms with Gasteiger partial charge in [0, 0.05) is 30.7 Å². The normalized spacial score (nSPS) is 10.6. The van der Waals surface area contributed by atoms with E-state index in [2.05, 4.69) is 4.98 Å². The Bertz CT molecular complexity index is 782. The highest BCUT2D eigenvalue weighted by Crippen LogP contribution is 2.25. The van der Waals surface area contributed by atoms with Crippen LogP contribution >= 0.6 is 11.3 Å². The van der Waals surface area contributed by atoms with Crippen molar-refractivity contribution in [3.63, 3.8) is 0 Å². The monoisotopic (exact) mass is 341 g/mol. The highest BCUT2D eigenvalue weighted by molar-refractivity contribution is 7.13. The molecule has 1 amide bonds. The van der Waals surface area contributed by atoms with Crippen molar-refractivity contribution in [2.45, 2.75) is 6.54 Å². The summed E-state index contributed by atoms with van der Waals surface area (Å²) in [6.07, 6.45) is 3.33. The van der Waals surface area contributed by atoms with Gasteiger partial charge in [-0.15, -0.1) is 11.3 Å². The van der Waals surface area contributed by atoms with E-state index in [-0.39, 0.29) is 5.91 Å². The van der Waals surface area contributed by atoms with Gasteiger partial charge in [-0.05, 0) is 18.2 Å². The lowest BCUT2D eigenvalue weighted by Gasteiger charge is -2.25. The average molecular weight is 341 g/mol. The number of anilines is 1. The molecule has 0 bridgehead atoms. The van der Waals surface area contributed by atoms with Crippen molar-refractivity contribution < 1.29 is 9.21 Å². The summed E-state index contributed by atoms with van der Waals surface area (Å²) in [4.78, 5) is 20.5. The first-order chi connectivity index (χ1) is 11.6. The van der Waals surface area contributed by atoms with E-state index in [1.165, 1.54) is 0 Å². The van der Waals surface area contributed by atoms with Gasteiger partial charge in [0.25, 0.3) is 0 Å². The van der Waals surface area contributed by atoms with Gasteiger partial charge in [-0.2, -0.15) is 0 Å². The average Bonchev–Trinajstić information content (AvgIpc) is 3.26. The molecule has 2 heterocycles. The predicted octanol–water partition coefficient (Wildman–Crippen LogP) is 3.50. The van der Waals surface area contributed by atoms with Crippen molar-refractivity contribution in [1.29, 1.82) is 0 Å². The molecule has 0 saturated heterocycles. The largest absolute Gasteiger partial charge is 0.472 e. The highest BCUT2D eigenvalue weighted by Gasteiger charge is 2.15. The fourth-order valence-electron chi connectivity index (χ4n) is 2.28. The molecule has 3 aromatic rings. The smallest absolute Gasteiger partial charge is 0.241 e. The minimum absolute atomic E-state index is 0.0594.